The van der Waals surface area contributed by atoms with Crippen LogP contribution in [0, 0.1) is 6.92 Å². The summed E-state index contributed by atoms with van der Waals surface area (Å²) in [7, 11) is 0. The first-order valence-electron chi connectivity index (χ1n) is 7.81. The summed E-state index contributed by atoms with van der Waals surface area (Å²) in [6.07, 6.45) is 2.39. The number of hydrogen-bond acceptors (Lipinski definition) is 3. The van der Waals surface area contributed by atoms with Crippen molar-refractivity contribution < 1.29 is 9.21 Å². The number of amides is 1. The number of rotatable bonds is 4. The summed E-state index contributed by atoms with van der Waals surface area (Å²) in [6, 6.07) is 1.97. The summed E-state index contributed by atoms with van der Waals surface area (Å²) in [5, 5.41) is 0. The molecule has 1 aliphatic heterocycles. The number of carbonyl (C=O) groups excluding carboxylic acids is 1. The molecule has 1 saturated heterocycles. The second-order valence-corrected chi connectivity index (χ2v) is 6.42. The van der Waals surface area contributed by atoms with Gasteiger partial charge in [-0.2, -0.15) is 0 Å². The molecule has 4 nitrogen and oxygen atoms in total. The molecule has 0 atom stereocenters. The molecule has 4 heteroatoms. The van der Waals surface area contributed by atoms with Crippen molar-refractivity contribution in [2.24, 2.45) is 0 Å². The Hall–Kier alpha value is -1.55. The van der Waals surface area contributed by atoms with E-state index >= 15 is 0 Å². The third kappa shape index (κ3) is 3.21. The van der Waals surface area contributed by atoms with Crippen LogP contribution in [0.4, 0.5) is 0 Å². The lowest BCUT2D eigenvalue weighted by Gasteiger charge is -2.34. The Kier molecular flexibility index (Phi) is 3.89. The lowest BCUT2D eigenvalue weighted by Crippen LogP contribution is -2.49. The summed E-state index contributed by atoms with van der Waals surface area (Å²) in [5.74, 6) is 2.44. The Bertz CT molecular complexity index is 549. The second kappa shape index (κ2) is 5.68. The molecule has 1 aliphatic carbocycles. The van der Waals surface area contributed by atoms with Crippen LogP contribution in [0.1, 0.15) is 47.6 Å². The van der Waals surface area contributed by atoms with Crippen LogP contribution in [-0.2, 0) is 0 Å². The summed E-state index contributed by atoms with van der Waals surface area (Å²) in [4.78, 5) is 16.9. The first kappa shape index (κ1) is 14.4. The maximum atomic E-state index is 12.6. The van der Waals surface area contributed by atoms with E-state index in [1.807, 2.05) is 24.8 Å². The van der Waals surface area contributed by atoms with Crippen LogP contribution in [0.3, 0.4) is 0 Å². The monoisotopic (exact) mass is 288 g/mol. The van der Waals surface area contributed by atoms with Crippen molar-refractivity contribution in [2.75, 3.05) is 32.7 Å². The molecule has 3 rings (SSSR count). The number of aryl methyl sites for hydroxylation is 1. The van der Waals surface area contributed by atoms with Crippen LogP contribution in [0.25, 0.3) is 0 Å². The van der Waals surface area contributed by atoms with E-state index in [-0.39, 0.29) is 5.91 Å². The van der Waals surface area contributed by atoms with Gasteiger partial charge in [0.15, 0.2) is 0 Å². The fraction of sp³-hybridized carbons (Fsp3) is 0.588. The number of nitrogens with zero attached hydrogens (tertiary/aromatic N) is 2. The van der Waals surface area contributed by atoms with Crippen molar-refractivity contribution in [1.29, 1.82) is 0 Å². The smallest absolute Gasteiger partial charge is 0.257 e. The molecule has 0 N–H and O–H groups in total. The molecule has 114 valence electrons. The highest BCUT2D eigenvalue weighted by Crippen LogP contribution is 2.41. The third-order valence-electron chi connectivity index (χ3n) is 4.30. The molecule has 2 aliphatic rings. The Morgan fingerprint density at radius 1 is 1.33 bits per heavy atom. The van der Waals surface area contributed by atoms with Crippen molar-refractivity contribution in [2.45, 2.75) is 32.6 Å². The Labute approximate surface area is 126 Å². The van der Waals surface area contributed by atoms with E-state index in [0.29, 0.717) is 5.92 Å². The zero-order chi connectivity index (χ0) is 15.0. The van der Waals surface area contributed by atoms with Gasteiger partial charge >= 0.3 is 0 Å². The van der Waals surface area contributed by atoms with Gasteiger partial charge in [-0.15, -0.1) is 0 Å². The Balaban J connectivity index is 1.62. The van der Waals surface area contributed by atoms with Crippen LogP contribution in [0.15, 0.2) is 22.6 Å². The topological polar surface area (TPSA) is 36.7 Å². The highest BCUT2D eigenvalue weighted by atomic mass is 16.3. The van der Waals surface area contributed by atoms with Crippen molar-refractivity contribution in [1.82, 2.24) is 9.80 Å². The zero-order valence-electron chi connectivity index (χ0n) is 13.0. The van der Waals surface area contributed by atoms with Gasteiger partial charge in [0, 0.05) is 38.6 Å². The number of furan rings is 1. The Morgan fingerprint density at radius 3 is 2.57 bits per heavy atom. The zero-order valence-corrected chi connectivity index (χ0v) is 13.0. The van der Waals surface area contributed by atoms with Crippen LogP contribution >= 0.6 is 0 Å². The van der Waals surface area contributed by atoms with Gasteiger partial charge < -0.3 is 9.32 Å². The quantitative estimate of drug-likeness (QED) is 0.799. The van der Waals surface area contributed by atoms with Crippen LogP contribution < -0.4 is 0 Å². The van der Waals surface area contributed by atoms with Gasteiger partial charge in [0.2, 0.25) is 0 Å². The van der Waals surface area contributed by atoms with E-state index in [4.69, 9.17) is 4.42 Å². The SMILES string of the molecule is C=C(C)CN1CCN(C(=O)c2cc(C3CC3)oc2C)CC1. The summed E-state index contributed by atoms with van der Waals surface area (Å²) in [5.41, 5.74) is 1.93. The average molecular weight is 288 g/mol. The molecular formula is C17H24N2O2. The molecule has 1 aromatic rings. The lowest BCUT2D eigenvalue weighted by molar-refractivity contribution is 0.0646. The molecule has 21 heavy (non-hydrogen) atoms. The number of carbonyl (C=O) groups is 1. The fourth-order valence-electron chi connectivity index (χ4n) is 2.95. The van der Waals surface area contributed by atoms with Crippen LogP contribution in [-0.4, -0.2) is 48.4 Å². The number of piperazine rings is 1. The average Bonchev–Trinajstić information content (AvgIpc) is 3.22. The minimum absolute atomic E-state index is 0.123. The molecule has 0 aromatic carbocycles. The first-order valence-corrected chi connectivity index (χ1v) is 7.81. The van der Waals surface area contributed by atoms with E-state index < -0.39 is 0 Å². The Morgan fingerprint density at radius 2 is 2.00 bits per heavy atom. The van der Waals surface area contributed by atoms with Crippen molar-refractivity contribution >= 4 is 5.91 Å². The van der Waals surface area contributed by atoms with Crippen molar-refractivity contribution in [3.8, 4) is 0 Å². The van der Waals surface area contributed by atoms with Gasteiger partial charge in [0.05, 0.1) is 5.56 Å². The minimum Gasteiger partial charge on any atom is -0.465 e. The van der Waals surface area contributed by atoms with Gasteiger partial charge in [-0.05, 0) is 32.8 Å². The standard InChI is InChI=1S/C17H24N2O2/c1-12(2)11-18-6-8-19(9-7-18)17(20)15-10-16(14-4-5-14)21-13(15)3/h10,14H,1,4-9,11H2,2-3H3. The molecule has 1 amide bonds. The van der Waals surface area contributed by atoms with E-state index in [1.54, 1.807) is 0 Å². The first-order chi connectivity index (χ1) is 10.0. The molecule has 0 spiro atoms. The van der Waals surface area contributed by atoms with Gasteiger partial charge in [-0.1, -0.05) is 12.2 Å². The fourth-order valence-corrected chi connectivity index (χ4v) is 2.95. The van der Waals surface area contributed by atoms with Gasteiger partial charge in [0.1, 0.15) is 11.5 Å². The highest BCUT2D eigenvalue weighted by molar-refractivity contribution is 5.95. The molecule has 1 saturated carbocycles. The maximum Gasteiger partial charge on any atom is 0.257 e. The number of hydrogen-bond donors (Lipinski definition) is 0. The van der Waals surface area contributed by atoms with Gasteiger partial charge in [0.25, 0.3) is 5.91 Å². The largest absolute Gasteiger partial charge is 0.465 e. The highest BCUT2D eigenvalue weighted by Gasteiger charge is 2.30. The third-order valence-corrected chi connectivity index (χ3v) is 4.30. The van der Waals surface area contributed by atoms with Gasteiger partial charge in [-0.3, -0.25) is 9.69 Å². The van der Waals surface area contributed by atoms with E-state index in [2.05, 4.69) is 11.5 Å². The maximum absolute atomic E-state index is 12.6. The van der Waals surface area contributed by atoms with E-state index in [0.717, 1.165) is 49.8 Å². The molecule has 2 fully saturated rings. The van der Waals surface area contributed by atoms with Crippen molar-refractivity contribution in [3.63, 3.8) is 0 Å². The molecule has 0 bridgehead atoms. The predicted octanol–water partition coefficient (Wildman–Crippen LogP) is 2.80. The van der Waals surface area contributed by atoms with Crippen molar-refractivity contribution in [3.05, 3.63) is 35.3 Å². The van der Waals surface area contributed by atoms with Crippen LogP contribution in [0.2, 0.25) is 0 Å². The molecule has 0 unspecified atom stereocenters. The molecule has 1 aromatic heterocycles. The predicted molar refractivity (Wildman–Crippen MR) is 82.6 cm³/mol. The molecule has 0 radical (unpaired) electrons. The van der Waals surface area contributed by atoms with Crippen LogP contribution in [0.5, 0.6) is 0 Å². The van der Waals surface area contributed by atoms with E-state index in [1.165, 1.54) is 18.4 Å². The molecular weight excluding hydrogens is 264 g/mol. The second-order valence-electron chi connectivity index (χ2n) is 6.42. The van der Waals surface area contributed by atoms with Gasteiger partial charge in [-0.25, -0.2) is 0 Å². The lowest BCUT2D eigenvalue weighted by atomic mass is 10.1. The summed E-state index contributed by atoms with van der Waals surface area (Å²) < 4.78 is 5.75. The van der Waals surface area contributed by atoms with E-state index in [9.17, 15) is 4.79 Å². The normalized spacial score (nSPS) is 19.8. The molecule has 2 heterocycles. The minimum atomic E-state index is 0.123. The summed E-state index contributed by atoms with van der Waals surface area (Å²) >= 11 is 0. The summed E-state index contributed by atoms with van der Waals surface area (Å²) in [6.45, 7) is 12.2.